The van der Waals surface area contributed by atoms with Gasteiger partial charge in [-0.05, 0) is 54.1 Å². The lowest BCUT2D eigenvalue weighted by molar-refractivity contribution is -0.144. The lowest BCUT2D eigenvalue weighted by Crippen LogP contribution is -2.47. The largest absolute Gasteiger partial charge is 0.335 e. The summed E-state index contributed by atoms with van der Waals surface area (Å²) in [5, 5.41) is 7.72. The number of nitrogens with one attached hydrogen (secondary N) is 1. The maximum absolute atomic E-state index is 13.2. The Labute approximate surface area is 125 Å². The fourth-order valence-electron chi connectivity index (χ4n) is 3.74. The molecule has 0 spiro atoms. The van der Waals surface area contributed by atoms with Crippen LogP contribution >= 0.6 is 11.3 Å². The molecule has 0 aliphatic carbocycles. The highest BCUT2D eigenvalue weighted by molar-refractivity contribution is 7.07. The molecule has 3 rings (SSSR count). The van der Waals surface area contributed by atoms with Crippen molar-refractivity contribution in [3.8, 4) is 0 Å². The molecule has 0 aromatic carbocycles. The van der Waals surface area contributed by atoms with Gasteiger partial charge in [0.1, 0.15) is 0 Å². The van der Waals surface area contributed by atoms with Gasteiger partial charge in [-0.3, -0.25) is 4.79 Å². The summed E-state index contributed by atoms with van der Waals surface area (Å²) < 4.78 is 0. The van der Waals surface area contributed by atoms with Crippen LogP contribution < -0.4 is 5.32 Å². The molecule has 2 atom stereocenters. The molecule has 20 heavy (non-hydrogen) atoms. The number of carbonyl (C=O) groups is 1. The molecule has 0 saturated carbocycles. The molecule has 2 saturated heterocycles. The second-order valence-electron chi connectivity index (χ2n) is 6.45. The summed E-state index contributed by atoms with van der Waals surface area (Å²) in [4.78, 5) is 15.4. The van der Waals surface area contributed by atoms with Crippen LogP contribution in [0.2, 0.25) is 0 Å². The molecule has 4 heteroatoms. The zero-order valence-electron chi connectivity index (χ0n) is 12.4. The van der Waals surface area contributed by atoms with Gasteiger partial charge in [0.15, 0.2) is 0 Å². The van der Waals surface area contributed by atoms with E-state index in [1.807, 2.05) is 0 Å². The molecule has 2 unspecified atom stereocenters. The Kier molecular flexibility index (Phi) is 3.87. The Bertz CT molecular complexity index is 463. The highest BCUT2D eigenvalue weighted by Gasteiger charge is 2.48. The topological polar surface area (TPSA) is 32.3 Å². The SMILES string of the molecule is CC(C)C1(C(=O)N2CCCC2c2ccsc2)CCNC1. The summed E-state index contributed by atoms with van der Waals surface area (Å²) in [6.45, 7) is 7.13. The Balaban J connectivity index is 1.85. The van der Waals surface area contributed by atoms with Gasteiger partial charge in [0.25, 0.3) is 0 Å². The van der Waals surface area contributed by atoms with Crippen LogP contribution in [0.1, 0.15) is 44.7 Å². The van der Waals surface area contributed by atoms with Crippen LogP contribution in [0.4, 0.5) is 0 Å². The Hall–Kier alpha value is -0.870. The van der Waals surface area contributed by atoms with E-state index < -0.39 is 0 Å². The van der Waals surface area contributed by atoms with Crippen molar-refractivity contribution in [3.05, 3.63) is 22.4 Å². The molecule has 2 fully saturated rings. The van der Waals surface area contributed by atoms with E-state index in [-0.39, 0.29) is 5.41 Å². The zero-order chi connectivity index (χ0) is 14.2. The van der Waals surface area contributed by atoms with Crippen molar-refractivity contribution in [2.45, 2.75) is 39.2 Å². The number of rotatable bonds is 3. The van der Waals surface area contributed by atoms with E-state index in [0.29, 0.717) is 17.9 Å². The highest BCUT2D eigenvalue weighted by Crippen LogP contribution is 2.41. The second kappa shape index (κ2) is 5.49. The van der Waals surface area contributed by atoms with Crippen molar-refractivity contribution in [1.29, 1.82) is 0 Å². The third-order valence-electron chi connectivity index (χ3n) is 5.16. The Morgan fingerprint density at radius 1 is 1.55 bits per heavy atom. The fraction of sp³-hybridized carbons (Fsp3) is 0.688. The second-order valence-corrected chi connectivity index (χ2v) is 7.23. The molecule has 1 N–H and O–H groups in total. The van der Waals surface area contributed by atoms with Gasteiger partial charge < -0.3 is 10.2 Å². The molecule has 110 valence electrons. The van der Waals surface area contributed by atoms with Gasteiger partial charge in [-0.15, -0.1) is 0 Å². The molecule has 1 aromatic rings. The van der Waals surface area contributed by atoms with Crippen molar-refractivity contribution in [3.63, 3.8) is 0 Å². The van der Waals surface area contributed by atoms with E-state index in [1.165, 1.54) is 5.56 Å². The summed E-state index contributed by atoms with van der Waals surface area (Å²) in [5.74, 6) is 0.778. The first-order valence-electron chi connectivity index (χ1n) is 7.69. The highest BCUT2D eigenvalue weighted by atomic mass is 32.1. The van der Waals surface area contributed by atoms with Crippen LogP contribution in [-0.2, 0) is 4.79 Å². The van der Waals surface area contributed by atoms with E-state index in [0.717, 1.165) is 38.9 Å². The predicted octanol–water partition coefficient (Wildman–Crippen LogP) is 3.05. The average molecular weight is 292 g/mol. The summed E-state index contributed by atoms with van der Waals surface area (Å²) in [6, 6.07) is 2.49. The van der Waals surface area contributed by atoms with Crippen LogP contribution in [-0.4, -0.2) is 30.4 Å². The first-order chi connectivity index (χ1) is 9.65. The summed E-state index contributed by atoms with van der Waals surface area (Å²) >= 11 is 1.73. The minimum absolute atomic E-state index is 0.182. The molecule has 3 nitrogen and oxygen atoms in total. The zero-order valence-corrected chi connectivity index (χ0v) is 13.2. The molecular formula is C16H24N2OS. The molecule has 0 radical (unpaired) electrons. The molecule has 1 amide bonds. The number of hydrogen-bond acceptors (Lipinski definition) is 3. The van der Waals surface area contributed by atoms with Crippen LogP contribution in [0.15, 0.2) is 16.8 Å². The van der Waals surface area contributed by atoms with Crippen molar-refractivity contribution < 1.29 is 4.79 Å². The maximum atomic E-state index is 13.2. The molecule has 3 heterocycles. The first-order valence-corrected chi connectivity index (χ1v) is 8.63. The van der Waals surface area contributed by atoms with Crippen molar-refractivity contribution >= 4 is 17.2 Å². The van der Waals surface area contributed by atoms with Crippen LogP contribution in [0.5, 0.6) is 0 Å². The van der Waals surface area contributed by atoms with Gasteiger partial charge in [-0.1, -0.05) is 13.8 Å². The van der Waals surface area contributed by atoms with Gasteiger partial charge in [-0.2, -0.15) is 11.3 Å². The van der Waals surface area contributed by atoms with E-state index in [2.05, 4.69) is 40.9 Å². The third-order valence-corrected chi connectivity index (χ3v) is 5.86. The molecule has 2 aliphatic heterocycles. The van der Waals surface area contributed by atoms with Crippen LogP contribution in [0.25, 0.3) is 0 Å². The van der Waals surface area contributed by atoms with Crippen molar-refractivity contribution in [2.75, 3.05) is 19.6 Å². The van der Waals surface area contributed by atoms with Crippen LogP contribution in [0, 0.1) is 11.3 Å². The van der Waals surface area contributed by atoms with Crippen LogP contribution in [0.3, 0.4) is 0 Å². The summed E-state index contributed by atoms with van der Waals surface area (Å²) in [5.41, 5.74) is 1.14. The standard InChI is InChI=1S/C16H24N2OS/c1-12(2)16(6-7-17-11-16)15(19)18-8-3-4-14(18)13-5-9-20-10-13/h5,9-10,12,14,17H,3-4,6-8,11H2,1-2H3. The van der Waals surface area contributed by atoms with E-state index >= 15 is 0 Å². The molecular weight excluding hydrogens is 268 g/mol. The first kappa shape index (κ1) is 14.1. The molecule has 2 aliphatic rings. The predicted molar refractivity (Wildman–Crippen MR) is 82.8 cm³/mol. The van der Waals surface area contributed by atoms with Gasteiger partial charge in [0, 0.05) is 13.1 Å². The fourth-order valence-corrected chi connectivity index (χ4v) is 4.45. The minimum Gasteiger partial charge on any atom is -0.335 e. The van der Waals surface area contributed by atoms with E-state index in [9.17, 15) is 4.79 Å². The quantitative estimate of drug-likeness (QED) is 0.928. The number of hydrogen-bond donors (Lipinski definition) is 1. The van der Waals surface area contributed by atoms with Crippen molar-refractivity contribution in [1.82, 2.24) is 10.2 Å². The van der Waals surface area contributed by atoms with E-state index in [4.69, 9.17) is 0 Å². The molecule has 1 aromatic heterocycles. The minimum atomic E-state index is -0.182. The number of likely N-dealkylation sites (tertiary alicyclic amines) is 1. The monoisotopic (exact) mass is 292 g/mol. The summed E-state index contributed by atoms with van der Waals surface area (Å²) in [6.07, 6.45) is 3.23. The third kappa shape index (κ3) is 2.19. The number of nitrogens with zero attached hydrogens (tertiary/aromatic N) is 1. The van der Waals surface area contributed by atoms with E-state index in [1.54, 1.807) is 11.3 Å². The molecule has 0 bridgehead atoms. The van der Waals surface area contributed by atoms with Crippen molar-refractivity contribution in [2.24, 2.45) is 11.3 Å². The lowest BCUT2D eigenvalue weighted by Gasteiger charge is -2.37. The average Bonchev–Trinajstić information content (AvgIpc) is 3.18. The normalized spacial score (nSPS) is 30.4. The van der Waals surface area contributed by atoms with Gasteiger partial charge in [0.2, 0.25) is 5.91 Å². The smallest absolute Gasteiger partial charge is 0.230 e. The lowest BCUT2D eigenvalue weighted by atomic mass is 9.75. The Morgan fingerprint density at radius 3 is 3.00 bits per heavy atom. The number of carbonyl (C=O) groups excluding carboxylic acids is 1. The summed E-state index contributed by atoms with van der Waals surface area (Å²) in [7, 11) is 0. The maximum Gasteiger partial charge on any atom is 0.230 e. The Morgan fingerprint density at radius 2 is 2.40 bits per heavy atom. The number of thiophene rings is 1. The van der Waals surface area contributed by atoms with Gasteiger partial charge >= 0.3 is 0 Å². The number of amides is 1. The van der Waals surface area contributed by atoms with Gasteiger partial charge in [-0.25, -0.2) is 0 Å². The van der Waals surface area contributed by atoms with Gasteiger partial charge in [0.05, 0.1) is 11.5 Å².